The predicted octanol–water partition coefficient (Wildman–Crippen LogP) is 4.34. The van der Waals surface area contributed by atoms with Crippen molar-refractivity contribution in [2.45, 2.75) is 19.5 Å². The number of hydrogen-bond acceptors (Lipinski definition) is 2. The first-order valence-electron chi connectivity index (χ1n) is 6.42. The maximum absolute atomic E-state index is 13.6. The second-order valence-electron chi connectivity index (χ2n) is 4.58. The lowest BCUT2D eigenvalue weighted by Gasteiger charge is -2.17. The molecule has 2 rings (SSSR count). The topological polar surface area (TPSA) is 21.3 Å². The molecule has 0 aliphatic carbocycles. The Balaban J connectivity index is 2.08. The fourth-order valence-corrected chi connectivity index (χ4v) is 2.27. The van der Waals surface area contributed by atoms with Crippen LogP contribution in [0.25, 0.3) is 0 Å². The molecule has 0 aliphatic heterocycles. The zero-order chi connectivity index (χ0) is 14.5. The van der Waals surface area contributed by atoms with E-state index in [0.717, 1.165) is 11.3 Å². The summed E-state index contributed by atoms with van der Waals surface area (Å²) in [5.74, 6) is 0.563. The van der Waals surface area contributed by atoms with E-state index in [9.17, 15) is 4.39 Å². The van der Waals surface area contributed by atoms with E-state index in [0.29, 0.717) is 17.1 Å². The van der Waals surface area contributed by atoms with Crippen LogP contribution in [0.4, 0.5) is 4.39 Å². The molecule has 2 aromatic carbocycles. The summed E-state index contributed by atoms with van der Waals surface area (Å²) in [6, 6.07) is 12.4. The highest BCUT2D eigenvalue weighted by Gasteiger charge is 2.11. The second kappa shape index (κ2) is 6.73. The normalized spacial score (nSPS) is 12.2. The number of halogens is 2. The summed E-state index contributed by atoms with van der Waals surface area (Å²) in [4.78, 5) is 0. The molecule has 1 atom stereocenters. The summed E-state index contributed by atoms with van der Waals surface area (Å²) in [6.07, 6.45) is 0. The van der Waals surface area contributed by atoms with Crippen molar-refractivity contribution in [1.82, 2.24) is 5.32 Å². The molecular formula is C16H17ClFNO. The minimum absolute atomic E-state index is 0.0459. The van der Waals surface area contributed by atoms with E-state index in [4.69, 9.17) is 16.3 Å². The van der Waals surface area contributed by atoms with Crippen molar-refractivity contribution in [1.29, 1.82) is 0 Å². The Hall–Kier alpha value is -1.58. The Morgan fingerprint density at radius 3 is 2.75 bits per heavy atom. The Morgan fingerprint density at radius 1 is 1.25 bits per heavy atom. The smallest absolute Gasteiger partial charge is 0.127 e. The highest BCUT2D eigenvalue weighted by atomic mass is 35.5. The van der Waals surface area contributed by atoms with E-state index in [1.54, 1.807) is 19.2 Å². The maximum atomic E-state index is 13.6. The van der Waals surface area contributed by atoms with Gasteiger partial charge >= 0.3 is 0 Å². The van der Waals surface area contributed by atoms with Gasteiger partial charge in [-0.3, -0.25) is 0 Å². The van der Waals surface area contributed by atoms with Crippen molar-refractivity contribution < 1.29 is 9.13 Å². The molecular weight excluding hydrogens is 277 g/mol. The number of hydrogen-bond donors (Lipinski definition) is 1. The highest BCUT2D eigenvalue weighted by Crippen LogP contribution is 2.25. The number of rotatable bonds is 5. The van der Waals surface area contributed by atoms with E-state index < -0.39 is 0 Å². The monoisotopic (exact) mass is 293 g/mol. The van der Waals surface area contributed by atoms with Gasteiger partial charge in [-0.25, -0.2) is 4.39 Å². The van der Waals surface area contributed by atoms with Crippen LogP contribution in [-0.4, -0.2) is 7.11 Å². The molecule has 20 heavy (non-hydrogen) atoms. The van der Waals surface area contributed by atoms with Crippen LogP contribution in [0.1, 0.15) is 24.1 Å². The van der Waals surface area contributed by atoms with E-state index in [1.807, 2.05) is 31.2 Å². The molecule has 0 fully saturated rings. The summed E-state index contributed by atoms with van der Waals surface area (Å²) < 4.78 is 19.0. The summed E-state index contributed by atoms with van der Waals surface area (Å²) >= 11 is 5.88. The fraction of sp³-hybridized carbons (Fsp3) is 0.250. The minimum atomic E-state index is -0.255. The summed E-state index contributed by atoms with van der Waals surface area (Å²) in [7, 11) is 1.64. The van der Waals surface area contributed by atoms with Gasteiger partial charge in [0.2, 0.25) is 0 Å². The standard InChI is InChI=1S/C16H17ClFNO/c1-11(14-5-3-4-6-16(14)20-2)19-10-12-9-13(17)7-8-15(12)18/h3-9,11,19H,10H2,1-2H3. The van der Waals surface area contributed by atoms with Crippen LogP contribution in [-0.2, 0) is 6.54 Å². The Labute approximate surface area is 123 Å². The summed E-state index contributed by atoms with van der Waals surface area (Å²) in [5, 5.41) is 3.81. The van der Waals surface area contributed by atoms with Gasteiger partial charge in [-0.1, -0.05) is 29.8 Å². The first-order chi connectivity index (χ1) is 9.61. The first-order valence-corrected chi connectivity index (χ1v) is 6.80. The lowest BCUT2D eigenvalue weighted by atomic mass is 10.1. The van der Waals surface area contributed by atoms with Crippen LogP contribution in [0.2, 0.25) is 5.02 Å². The van der Waals surface area contributed by atoms with Gasteiger partial charge in [0, 0.05) is 28.7 Å². The van der Waals surface area contributed by atoms with Gasteiger partial charge in [-0.2, -0.15) is 0 Å². The quantitative estimate of drug-likeness (QED) is 0.885. The first kappa shape index (κ1) is 14.8. The molecule has 1 unspecified atom stereocenters. The highest BCUT2D eigenvalue weighted by molar-refractivity contribution is 6.30. The number of nitrogens with one attached hydrogen (secondary N) is 1. The van der Waals surface area contributed by atoms with Crippen molar-refractivity contribution in [3.05, 3.63) is 64.4 Å². The average Bonchev–Trinajstić information content (AvgIpc) is 2.47. The molecule has 0 saturated carbocycles. The van der Waals surface area contributed by atoms with Crippen molar-refractivity contribution in [2.24, 2.45) is 0 Å². The molecule has 0 bridgehead atoms. The molecule has 0 spiro atoms. The Bertz CT molecular complexity index is 588. The van der Waals surface area contributed by atoms with Gasteiger partial charge < -0.3 is 10.1 Å². The van der Waals surface area contributed by atoms with Crippen molar-refractivity contribution >= 4 is 11.6 Å². The van der Waals surface area contributed by atoms with Gasteiger partial charge in [0.15, 0.2) is 0 Å². The van der Waals surface area contributed by atoms with Gasteiger partial charge in [-0.05, 0) is 31.2 Å². The second-order valence-corrected chi connectivity index (χ2v) is 5.02. The molecule has 0 saturated heterocycles. The van der Waals surface area contributed by atoms with Gasteiger partial charge in [0.25, 0.3) is 0 Å². The van der Waals surface area contributed by atoms with Crippen molar-refractivity contribution in [3.8, 4) is 5.75 Å². The molecule has 0 aliphatic rings. The Morgan fingerprint density at radius 2 is 2.00 bits per heavy atom. The molecule has 4 heteroatoms. The van der Waals surface area contributed by atoms with E-state index >= 15 is 0 Å². The molecule has 0 amide bonds. The third-order valence-corrected chi connectivity index (χ3v) is 3.45. The summed E-state index contributed by atoms with van der Waals surface area (Å²) in [5.41, 5.74) is 1.59. The van der Waals surface area contributed by atoms with Crippen LogP contribution in [0.3, 0.4) is 0 Å². The third-order valence-electron chi connectivity index (χ3n) is 3.21. The number of methoxy groups -OCH3 is 1. The van der Waals surface area contributed by atoms with Gasteiger partial charge in [-0.15, -0.1) is 0 Å². The van der Waals surface area contributed by atoms with E-state index in [-0.39, 0.29) is 11.9 Å². The fourth-order valence-electron chi connectivity index (χ4n) is 2.08. The molecule has 0 aromatic heterocycles. The average molecular weight is 294 g/mol. The maximum Gasteiger partial charge on any atom is 0.127 e. The number of para-hydroxylation sites is 1. The largest absolute Gasteiger partial charge is 0.496 e. The predicted molar refractivity (Wildman–Crippen MR) is 79.7 cm³/mol. The molecule has 0 radical (unpaired) electrons. The van der Waals surface area contributed by atoms with Crippen LogP contribution < -0.4 is 10.1 Å². The molecule has 2 aromatic rings. The van der Waals surface area contributed by atoms with E-state index in [1.165, 1.54) is 6.07 Å². The van der Waals surface area contributed by atoms with Crippen molar-refractivity contribution in [3.63, 3.8) is 0 Å². The SMILES string of the molecule is COc1ccccc1C(C)NCc1cc(Cl)ccc1F. The van der Waals surface area contributed by atoms with Crippen LogP contribution in [0.15, 0.2) is 42.5 Å². The zero-order valence-corrected chi connectivity index (χ0v) is 12.2. The third kappa shape index (κ3) is 3.50. The summed E-state index contributed by atoms with van der Waals surface area (Å²) in [6.45, 7) is 2.42. The van der Waals surface area contributed by atoms with Crippen LogP contribution >= 0.6 is 11.6 Å². The molecule has 0 heterocycles. The van der Waals surface area contributed by atoms with Crippen LogP contribution in [0, 0.1) is 5.82 Å². The number of ether oxygens (including phenoxy) is 1. The molecule has 106 valence electrons. The lowest BCUT2D eigenvalue weighted by molar-refractivity contribution is 0.401. The molecule has 1 N–H and O–H groups in total. The van der Waals surface area contributed by atoms with Crippen LogP contribution in [0.5, 0.6) is 5.75 Å². The van der Waals surface area contributed by atoms with Gasteiger partial charge in [0.1, 0.15) is 11.6 Å². The minimum Gasteiger partial charge on any atom is -0.496 e. The molecule has 2 nitrogen and oxygen atoms in total. The van der Waals surface area contributed by atoms with Gasteiger partial charge in [0.05, 0.1) is 7.11 Å². The Kier molecular flexibility index (Phi) is 4.99. The number of benzene rings is 2. The zero-order valence-electron chi connectivity index (χ0n) is 11.5. The van der Waals surface area contributed by atoms with E-state index in [2.05, 4.69) is 5.32 Å². The lowest BCUT2D eigenvalue weighted by Crippen LogP contribution is -2.19. The van der Waals surface area contributed by atoms with Crippen molar-refractivity contribution in [2.75, 3.05) is 7.11 Å².